The molecule has 4 rings (SSSR count). The van der Waals surface area contributed by atoms with Crippen molar-refractivity contribution in [2.75, 3.05) is 18.8 Å². The lowest BCUT2D eigenvalue weighted by Crippen LogP contribution is -2.48. The zero-order valence-corrected chi connectivity index (χ0v) is 17.2. The number of thioether (sulfide) groups is 1. The highest BCUT2D eigenvalue weighted by Gasteiger charge is 2.26. The van der Waals surface area contributed by atoms with Gasteiger partial charge in [-0.05, 0) is 32.0 Å². The van der Waals surface area contributed by atoms with E-state index < -0.39 is 0 Å². The number of carbonyl (C=O) groups is 1. The number of amides is 1. The number of morpholine rings is 1. The topological polar surface area (TPSA) is 73.1 Å². The van der Waals surface area contributed by atoms with Crippen LogP contribution in [0.2, 0.25) is 5.02 Å². The second-order valence-electron chi connectivity index (χ2n) is 6.80. The normalized spacial score (nSPS) is 19.9. The molecule has 7 nitrogen and oxygen atoms in total. The number of hydrogen-bond acceptors (Lipinski definition) is 6. The first kappa shape index (κ1) is 19.2. The van der Waals surface area contributed by atoms with E-state index in [1.807, 2.05) is 43.0 Å². The smallest absolute Gasteiger partial charge is 0.233 e. The van der Waals surface area contributed by atoms with Gasteiger partial charge in [-0.25, -0.2) is 14.6 Å². The van der Waals surface area contributed by atoms with Gasteiger partial charge in [0, 0.05) is 18.1 Å². The van der Waals surface area contributed by atoms with Crippen molar-refractivity contribution in [3.63, 3.8) is 0 Å². The molecule has 0 radical (unpaired) electrons. The molecule has 0 aliphatic carbocycles. The minimum Gasteiger partial charge on any atom is -0.372 e. The summed E-state index contributed by atoms with van der Waals surface area (Å²) in [4.78, 5) is 23.2. The molecule has 1 aliphatic heterocycles. The van der Waals surface area contributed by atoms with Crippen molar-refractivity contribution in [2.24, 2.45) is 0 Å². The SMILES string of the molecule is C[C@@H]1CN(C(=O)CSc2ncnc3c2cnn3-c2cccc(Cl)c2)C[C@H](C)O1. The lowest BCUT2D eigenvalue weighted by atomic mass is 10.2. The molecule has 0 unspecified atom stereocenters. The van der Waals surface area contributed by atoms with Gasteiger partial charge in [-0.15, -0.1) is 0 Å². The first-order valence-corrected chi connectivity index (χ1v) is 10.4. The van der Waals surface area contributed by atoms with Crippen LogP contribution in [0.15, 0.2) is 41.8 Å². The Morgan fingerprint density at radius 3 is 2.82 bits per heavy atom. The van der Waals surface area contributed by atoms with Gasteiger partial charge >= 0.3 is 0 Å². The van der Waals surface area contributed by atoms with Crippen LogP contribution in [0.25, 0.3) is 16.7 Å². The zero-order valence-electron chi connectivity index (χ0n) is 15.6. The highest BCUT2D eigenvalue weighted by molar-refractivity contribution is 8.00. The van der Waals surface area contributed by atoms with E-state index in [-0.39, 0.29) is 18.1 Å². The third-order valence-corrected chi connectivity index (χ3v) is 5.71. The van der Waals surface area contributed by atoms with Gasteiger partial charge in [0.1, 0.15) is 11.4 Å². The van der Waals surface area contributed by atoms with Gasteiger partial charge in [0.05, 0.1) is 35.2 Å². The molecular formula is C19H20ClN5O2S. The summed E-state index contributed by atoms with van der Waals surface area (Å²) in [6.07, 6.45) is 3.33. The molecule has 0 N–H and O–H groups in total. The Morgan fingerprint density at radius 1 is 1.29 bits per heavy atom. The highest BCUT2D eigenvalue weighted by atomic mass is 35.5. The van der Waals surface area contributed by atoms with Crippen molar-refractivity contribution in [3.05, 3.63) is 41.8 Å². The first-order valence-electron chi connectivity index (χ1n) is 9.02. The fraction of sp³-hybridized carbons (Fsp3) is 0.368. The van der Waals surface area contributed by atoms with Crippen LogP contribution in [0.1, 0.15) is 13.8 Å². The fourth-order valence-electron chi connectivity index (χ4n) is 3.34. The molecule has 0 bridgehead atoms. The number of nitrogens with zero attached hydrogens (tertiary/aromatic N) is 5. The van der Waals surface area contributed by atoms with Crippen LogP contribution in [0.4, 0.5) is 0 Å². The standard InChI is InChI=1S/C19H20ClN5O2S/c1-12-8-24(9-13(2)27-12)17(26)10-28-19-16-7-23-25(18(16)21-11-22-19)15-5-3-4-14(20)6-15/h3-7,11-13H,8-10H2,1-2H3/t12-,13+. The van der Waals surface area contributed by atoms with Crippen LogP contribution >= 0.6 is 23.4 Å². The summed E-state index contributed by atoms with van der Waals surface area (Å²) in [7, 11) is 0. The lowest BCUT2D eigenvalue weighted by molar-refractivity contribution is -0.140. The molecule has 0 saturated carbocycles. The molecular weight excluding hydrogens is 398 g/mol. The Bertz CT molecular complexity index is 1000. The van der Waals surface area contributed by atoms with Crippen molar-refractivity contribution >= 4 is 40.3 Å². The molecule has 1 saturated heterocycles. The highest BCUT2D eigenvalue weighted by Crippen LogP contribution is 2.27. The Morgan fingerprint density at radius 2 is 2.07 bits per heavy atom. The summed E-state index contributed by atoms with van der Waals surface area (Å²) in [5.41, 5.74) is 1.50. The second-order valence-corrected chi connectivity index (χ2v) is 8.20. The van der Waals surface area contributed by atoms with E-state index in [2.05, 4.69) is 15.1 Å². The fourth-order valence-corrected chi connectivity index (χ4v) is 4.39. The number of aromatic nitrogens is 4. The molecule has 2 atom stereocenters. The predicted molar refractivity (Wildman–Crippen MR) is 109 cm³/mol. The van der Waals surface area contributed by atoms with Crippen molar-refractivity contribution in [2.45, 2.75) is 31.1 Å². The van der Waals surface area contributed by atoms with Gasteiger partial charge in [0.25, 0.3) is 0 Å². The summed E-state index contributed by atoms with van der Waals surface area (Å²) in [5.74, 6) is 0.398. The summed E-state index contributed by atoms with van der Waals surface area (Å²) in [6, 6.07) is 7.42. The van der Waals surface area contributed by atoms with Gasteiger partial charge in [-0.3, -0.25) is 4.79 Å². The van der Waals surface area contributed by atoms with E-state index in [1.54, 1.807) is 10.9 Å². The molecule has 3 aromatic rings. The van der Waals surface area contributed by atoms with E-state index in [0.717, 1.165) is 16.1 Å². The molecule has 0 spiro atoms. The third-order valence-electron chi connectivity index (χ3n) is 4.49. The maximum absolute atomic E-state index is 12.6. The summed E-state index contributed by atoms with van der Waals surface area (Å²) in [5, 5.41) is 6.61. The van der Waals surface area contributed by atoms with E-state index in [1.165, 1.54) is 18.1 Å². The van der Waals surface area contributed by atoms with Gasteiger partial charge < -0.3 is 9.64 Å². The number of benzene rings is 1. The molecule has 1 aliphatic rings. The number of hydrogen-bond donors (Lipinski definition) is 0. The van der Waals surface area contributed by atoms with Gasteiger partial charge in [0.15, 0.2) is 5.65 Å². The number of fused-ring (bicyclic) bond motifs is 1. The maximum atomic E-state index is 12.6. The monoisotopic (exact) mass is 417 g/mol. The quantitative estimate of drug-likeness (QED) is 0.479. The van der Waals surface area contributed by atoms with E-state index in [4.69, 9.17) is 16.3 Å². The molecule has 1 fully saturated rings. The molecule has 9 heteroatoms. The van der Waals surface area contributed by atoms with E-state index >= 15 is 0 Å². The van der Waals surface area contributed by atoms with Gasteiger partial charge in [-0.1, -0.05) is 29.4 Å². The zero-order chi connectivity index (χ0) is 19.7. The van der Waals surface area contributed by atoms with Crippen LogP contribution in [0.3, 0.4) is 0 Å². The summed E-state index contributed by atoms with van der Waals surface area (Å²) in [6.45, 7) is 5.22. The molecule has 146 valence electrons. The Hall–Kier alpha value is -2.16. The first-order chi connectivity index (χ1) is 13.5. The van der Waals surface area contributed by atoms with Crippen molar-refractivity contribution in [1.29, 1.82) is 0 Å². The second kappa shape index (κ2) is 8.06. The number of halogens is 1. The Labute approximate surface area is 172 Å². The average Bonchev–Trinajstić information content (AvgIpc) is 3.10. The van der Waals surface area contributed by atoms with Crippen LogP contribution in [-0.4, -0.2) is 61.6 Å². The van der Waals surface area contributed by atoms with Gasteiger partial charge in [-0.2, -0.15) is 5.10 Å². The number of carbonyl (C=O) groups excluding carboxylic acids is 1. The Balaban J connectivity index is 1.53. The molecule has 3 heterocycles. The molecule has 1 amide bonds. The minimum absolute atomic E-state index is 0.0550. The molecule has 1 aromatic carbocycles. The van der Waals surface area contributed by atoms with Crippen LogP contribution in [-0.2, 0) is 9.53 Å². The maximum Gasteiger partial charge on any atom is 0.233 e. The minimum atomic E-state index is 0.0550. The van der Waals surface area contributed by atoms with Crippen molar-refractivity contribution in [1.82, 2.24) is 24.6 Å². The van der Waals surface area contributed by atoms with E-state index in [0.29, 0.717) is 29.5 Å². The van der Waals surface area contributed by atoms with E-state index in [9.17, 15) is 4.79 Å². The predicted octanol–water partition coefficient (Wildman–Crippen LogP) is 3.20. The Kier molecular flexibility index (Phi) is 5.52. The van der Waals surface area contributed by atoms with Crippen LogP contribution in [0.5, 0.6) is 0 Å². The van der Waals surface area contributed by atoms with Crippen molar-refractivity contribution in [3.8, 4) is 5.69 Å². The van der Waals surface area contributed by atoms with Crippen molar-refractivity contribution < 1.29 is 9.53 Å². The molecule has 28 heavy (non-hydrogen) atoms. The third kappa shape index (κ3) is 3.99. The average molecular weight is 418 g/mol. The summed E-state index contributed by atoms with van der Waals surface area (Å²) < 4.78 is 7.42. The van der Waals surface area contributed by atoms with Crippen LogP contribution < -0.4 is 0 Å². The van der Waals surface area contributed by atoms with Gasteiger partial charge in [0.2, 0.25) is 5.91 Å². The largest absolute Gasteiger partial charge is 0.372 e. The number of ether oxygens (including phenoxy) is 1. The molecule has 2 aromatic heterocycles. The number of rotatable bonds is 4. The lowest BCUT2D eigenvalue weighted by Gasteiger charge is -2.35. The van der Waals surface area contributed by atoms with Crippen LogP contribution in [0, 0.1) is 0 Å². The summed E-state index contributed by atoms with van der Waals surface area (Å²) >= 11 is 7.50.